The van der Waals surface area contributed by atoms with Gasteiger partial charge in [0.2, 0.25) is 0 Å². The maximum absolute atomic E-state index is 11.1. The molecule has 0 saturated heterocycles. The molecular formula is C9H10ClN3O3. The quantitative estimate of drug-likeness (QED) is 0.470. The van der Waals surface area contributed by atoms with Gasteiger partial charge in [0, 0.05) is 0 Å². The zero-order valence-electron chi connectivity index (χ0n) is 8.57. The fraction of sp³-hybridized carbons (Fsp3) is 0.333. The Morgan fingerprint density at radius 1 is 1.62 bits per heavy atom. The summed E-state index contributed by atoms with van der Waals surface area (Å²) in [6.07, 6.45) is 1.72. The van der Waals surface area contributed by atoms with Crippen LogP contribution in [0.4, 0.5) is 5.82 Å². The number of ether oxygens (including phenoxy) is 1. The zero-order chi connectivity index (χ0) is 12.0. The average Bonchev–Trinajstić information content (AvgIpc) is 2.27. The first-order chi connectivity index (χ1) is 7.69. The normalized spacial score (nSPS) is 9.62. The number of carbonyl (C=O) groups excluding carboxylic acids is 2. The van der Waals surface area contributed by atoms with Gasteiger partial charge in [-0.3, -0.25) is 9.59 Å². The van der Waals surface area contributed by atoms with E-state index in [-0.39, 0.29) is 23.1 Å². The molecule has 0 bridgehead atoms. The van der Waals surface area contributed by atoms with Crippen LogP contribution in [-0.2, 0) is 9.53 Å². The third-order valence-electron chi connectivity index (χ3n) is 1.66. The first kappa shape index (κ1) is 12.4. The summed E-state index contributed by atoms with van der Waals surface area (Å²) in [4.78, 5) is 29.2. The highest BCUT2D eigenvalue weighted by Crippen LogP contribution is 2.16. The Hall–Kier alpha value is -1.69. The van der Waals surface area contributed by atoms with Crippen molar-refractivity contribution in [1.82, 2.24) is 9.97 Å². The van der Waals surface area contributed by atoms with Crippen LogP contribution in [0.5, 0.6) is 0 Å². The molecule has 0 atom stereocenters. The van der Waals surface area contributed by atoms with Crippen molar-refractivity contribution in [3.63, 3.8) is 0 Å². The molecule has 6 nitrogen and oxygen atoms in total. The van der Waals surface area contributed by atoms with Gasteiger partial charge in [0.25, 0.3) is 0 Å². The lowest BCUT2D eigenvalue weighted by atomic mass is 10.3. The Labute approximate surface area is 97.0 Å². The highest BCUT2D eigenvalue weighted by atomic mass is 35.5. The second kappa shape index (κ2) is 6.02. The number of aldehydes is 1. The number of nitrogens with one attached hydrogen (secondary N) is 1. The number of esters is 1. The molecule has 1 heterocycles. The van der Waals surface area contributed by atoms with E-state index in [1.165, 1.54) is 6.33 Å². The van der Waals surface area contributed by atoms with Crippen LogP contribution in [-0.4, -0.2) is 35.4 Å². The Morgan fingerprint density at radius 2 is 2.38 bits per heavy atom. The molecule has 1 aromatic rings. The molecule has 0 radical (unpaired) electrons. The minimum Gasteiger partial charge on any atom is -0.465 e. The fourth-order valence-corrected chi connectivity index (χ4v) is 1.16. The van der Waals surface area contributed by atoms with Gasteiger partial charge in [0.15, 0.2) is 6.29 Å². The second-order valence-electron chi connectivity index (χ2n) is 2.70. The molecule has 0 spiro atoms. The van der Waals surface area contributed by atoms with Crippen molar-refractivity contribution < 1.29 is 14.3 Å². The van der Waals surface area contributed by atoms with Crippen molar-refractivity contribution in [3.05, 3.63) is 17.0 Å². The molecule has 0 saturated carbocycles. The van der Waals surface area contributed by atoms with Crippen molar-refractivity contribution in [1.29, 1.82) is 0 Å². The number of anilines is 1. The average molecular weight is 244 g/mol. The lowest BCUT2D eigenvalue weighted by molar-refractivity contribution is -0.140. The zero-order valence-corrected chi connectivity index (χ0v) is 9.32. The lowest BCUT2D eigenvalue weighted by Crippen LogP contribution is -2.18. The molecule has 0 aliphatic heterocycles. The fourth-order valence-electron chi connectivity index (χ4n) is 0.987. The van der Waals surface area contributed by atoms with Gasteiger partial charge < -0.3 is 10.1 Å². The molecule has 0 unspecified atom stereocenters. The summed E-state index contributed by atoms with van der Waals surface area (Å²) in [5.41, 5.74) is 0.119. The van der Waals surface area contributed by atoms with Crippen LogP contribution in [0.15, 0.2) is 6.33 Å². The van der Waals surface area contributed by atoms with Crippen LogP contribution in [0.1, 0.15) is 17.3 Å². The van der Waals surface area contributed by atoms with Gasteiger partial charge in [-0.05, 0) is 6.92 Å². The molecule has 86 valence electrons. The van der Waals surface area contributed by atoms with Crippen molar-refractivity contribution in [3.8, 4) is 0 Å². The van der Waals surface area contributed by atoms with Crippen molar-refractivity contribution in [2.24, 2.45) is 0 Å². The Kier molecular flexibility index (Phi) is 4.65. The maximum Gasteiger partial charge on any atom is 0.325 e. The van der Waals surface area contributed by atoms with Crippen LogP contribution in [0.2, 0.25) is 5.15 Å². The molecular weight excluding hydrogens is 234 g/mol. The van der Waals surface area contributed by atoms with Gasteiger partial charge in [-0.2, -0.15) is 0 Å². The Bertz CT molecular complexity index is 398. The van der Waals surface area contributed by atoms with Crippen LogP contribution in [0.3, 0.4) is 0 Å². The largest absolute Gasteiger partial charge is 0.465 e. The van der Waals surface area contributed by atoms with Crippen molar-refractivity contribution in [2.45, 2.75) is 6.92 Å². The van der Waals surface area contributed by atoms with E-state index in [4.69, 9.17) is 16.3 Å². The highest BCUT2D eigenvalue weighted by molar-refractivity contribution is 6.32. The highest BCUT2D eigenvalue weighted by Gasteiger charge is 2.10. The number of hydrogen-bond acceptors (Lipinski definition) is 6. The lowest BCUT2D eigenvalue weighted by Gasteiger charge is -2.07. The van der Waals surface area contributed by atoms with Crippen LogP contribution in [0.25, 0.3) is 0 Å². The minimum atomic E-state index is -0.436. The SMILES string of the molecule is CCOC(=O)CNc1ncnc(Cl)c1C=O. The van der Waals surface area contributed by atoms with Crippen LogP contribution >= 0.6 is 11.6 Å². The molecule has 1 aromatic heterocycles. The summed E-state index contributed by atoms with van der Waals surface area (Å²) in [7, 11) is 0. The number of nitrogens with zero attached hydrogens (tertiary/aromatic N) is 2. The first-order valence-corrected chi connectivity index (χ1v) is 4.92. The number of rotatable bonds is 5. The Morgan fingerprint density at radius 3 is 3.00 bits per heavy atom. The molecule has 1 N–H and O–H groups in total. The number of aromatic nitrogens is 2. The third kappa shape index (κ3) is 3.16. The van der Waals surface area contributed by atoms with Gasteiger partial charge in [-0.1, -0.05) is 11.6 Å². The van der Waals surface area contributed by atoms with E-state index in [2.05, 4.69) is 15.3 Å². The topological polar surface area (TPSA) is 81.2 Å². The summed E-state index contributed by atoms with van der Waals surface area (Å²) in [6.45, 7) is 1.92. The van der Waals surface area contributed by atoms with Crippen LogP contribution < -0.4 is 5.32 Å². The van der Waals surface area contributed by atoms with E-state index in [1.54, 1.807) is 6.92 Å². The smallest absolute Gasteiger partial charge is 0.325 e. The third-order valence-corrected chi connectivity index (χ3v) is 1.96. The van der Waals surface area contributed by atoms with Crippen molar-refractivity contribution in [2.75, 3.05) is 18.5 Å². The molecule has 0 fully saturated rings. The van der Waals surface area contributed by atoms with E-state index in [0.29, 0.717) is 12.9 Å². The summed E-state index contributed by atoms with van der Waals surface area (Å²) in [6, 6.07) is 0. The molecule has 0 amide bonds. The van der Waals surface area contributed by atoms with Crippen LogP contribution in [0, 0.1) is 0 Å². The monoisotopic (exact) mass is 243 g/mol. The maximum atomic E-state index is 11.1. The number of hydrogen-bond donors (Lipinski definition) is 1. The summed E-state index contributed by atoms with van der Waals surface area (Å²) >= 11 is 5.67. The molecule has 0 aliphatic carbocycles. The second-order valence-corrected chi connectivity index (χ2v) is 3.06. The Balaban J connectivity index is 2.70. The van der Waals surface area contributed by atoms with Gasteiger partial charge >= 0.3 is 5.97 Å². The van der Waals surface area contributed by atoms with Crippen molar-refractivity contribution >= 4 is 29.7 Å². The molecule has 0 aromatic carbocycles. The predicted octanol–water partition coefficient (Wildman–Crippen LogP) is 0.917. The van der Waals surface area contributed by atoms with Gasteiger partial charge in [-0.25, -0.2) is 9.97 Å². The van der Waals surface area contributed by atoms with E-state index in [1.807, 2.05) is 0 Å². The van der Waals surface area contributed by atoms with E-state index < -0.39 is 5.97 Å². The van der Waals surface area contributed by atoms with E-state index in [9.17, 15) is 9.59 Å². The first-order valence-electron chi connectivity index (χ1n) is 4.54. The summed E-state index contributed by atoms with van der Waals surface area (Å²) in [5.74, 6) is -0.225. The predicted molar refractivity (Wildman–Crippen MR) is 57.6 cm³/mol. The van der Waals surface area contributed by atoms with Gasteiger partial charge in [0.05, 0.1) is 12.2 Å². The van der Waals surface area contributed by atoms with E-state index >= 15 is 0 Å². The number of carbonyl (C=O) groups is 2. The molecule has 0 aliphatic rings. The minimum absolute atomic E-state index is 0.0383. The van der Waals surface area contributed by atoms with Gasteiger partial charge in [0.1, 0.15) is 23.8 Å². The number of halogens is 1. The molecule has 7 heteroatoms. The summed E-state index contributed by atoms with van der Waals surface area (Å²) < 4.78 is 4.70. The summed E-state index contributed by atoms with van der Waals surface area (Å²) in [5, 5.41) is 2.69. The van der Waals surface area contributed by atoms with Gasteiger partial charge in [-0.15, -0.1) is 0 Å². The van der Waals surface area contributed by atoms with E-state index in [0.717, 1.165) is 0 Å². The molecule has 1 rings (SSSR count). The molecule has 16 heavy (non-hydrogen) atoms. The standard InChI is InChI=1S/C9H10ClN3O3/c1-2-16-7(15)3-11-9-6(4-14)8(10)12-5-13-9/h4-5H,2-3H2,1H3,(H,11,12,13).